The summed E-state index contributed by atoms with van der Waals surface area (Å²) in [7, 11) is 0. The van der Waals surface area contributed by atoms with Crippen molar-refractivity contribution in [3.8, 4) is 0 Å². The number of likely N-dealkylation sites (tertiary alicyclic amines) is 1. The molecule has 1 atom stereocenters. The van der Waals surface area contributed by atoms with Crippen molar-refractivity contribution in [3.05, 3.63) is 47.6 Å². The van der Waals surface area contributed by atoms with Gasteiger partial charge >= 0.3 is 0 Å². The molecule has 0 radical (unpaired) electrons. The lowest BCUT2D eigenvalue weighted by molar-refractivity contribution is 0.198. The van der Waals surface area contributed by atoms with Gasteiger partial charge in [-0.2, -0.15) is 4.98 Å². The lowest BCUT2D eigenvalue weighted by Crippen LogP contribution is -2.44. The zero-order valence-electron chi connectivity index (χ0n) is 13.1. The summed E-state index contributed by atoms with van der Waals surface area (Å²) >= 11 is 0. The SMILES string of the molecule is Cl.NC1(c2noc(C3CCCN3Cc3ccccc3)n2)CCC1. The Labute approximate surface area is 142 Å². The van der Waals surface area contributed by atoms with E-state index in [9.17, 15) is 0 Å². The maximum Gasteiger partial charge on any atom is 0.244 e. The molecule has 2 aromatic rings. The fraction of sp³-hybridized carbons (Fsp3) is 0.529. The Bertz CT molecular complexity index is 641. The number of benzene rings is 1. The highest BCUT2D eigenvalue weighted by atomic mass is 35.5. The number of aromatic nitrogens is 2. The smallest absolute Gasteiger partial charge is 0.244 e. The van der Waals surface area contributed by atoms with E-state index >= 15 is 0 Å². The summed E-state index contributed by atoms with van der Waals surface area (Å²) in [5, 5.41) is 4.16. The minimum absolute atomic E-state index is 0. The summed E-state index contributed by atoms with van der Waals surface area (Å²) in [6.07, 6.45) is 5.33. The largest absolute Gasteiger partial charge is 0.338 e. The van der Waals surface area contributed by atoms with E-state index in [0.29, 0.717) is 5.82 Å². The maximum atomic E-state index is 6.30. The van der Waals surface area contributed by atoms with Gasteiger partial charge in [0.25, 0.3) is 0 Å². The molecule has 0 amide bonds. The lowest BCUT2D eigenvalue weighted by atomic mass is 9.77. The maximum absolute atomic E-state index is 6.30. The zero-order valence-corrected chi connectivity index (χ0v) is 14.0. The second-order valence-corrected chi connectivity index (χ2v) is 6.58. The van der Waals surface area contributed by atoms with Crippen molar-refractivity contribution in [1.82, 2.24) is 15.0 Å². The number of rotatable bonds is 4. The Kier molecular flexibility index (Phi) is 4.71. The first-order chi connectivity index (χ1) is 10.7. The third-order valence-electron chi connectivity index (χ3n) is 5.01. The molecule has 1 aromatic carbocycles. The summed E-state index contributed by atoms with van der Waals surface area (Å²) in [5.74, 6) is 1.43. The summed E-state index contributed by atoms with van der Waals surface area (Å²) in [6, 6.07) is 10.8. The molecule has 0 bridgehead atoms. The molecule has 4 rings (SSSR count). The molecule has 2 heterocycles. The normalized spacial score (nSPS) is 23.3. The van der Waals surface area contributed by atoms with Crippen molar-refractivity contribution in [2.45, 2.75) is 50.2 Å². The van der Waals surface area contributed by atoms with E-state index in [4.69, 9.17) is 10.3 Å². The minimum Gasteiger partial charge on any atom is -0.338 e. The first-order valence-electron chi connectivity index (χ1n) is 8.16. The number of nitrogens with zero attached hydrogens (tertiary/aromatic N) is 3. The van der Waals surface area contributed by atoms with Gasteiger partial charge in [0.1, 0.15) is 0 Å². The molecule has 1 aliphatic heterocycles. The fourth-order valence-electron chi connectivity index (χ4n) is 3.47. The first-order valence-corrected chi connectivity index (χ1v) is 8.16. The quantitative estimate of drug-likeness (QED) is 0.930. The van der Waals surface area contributed by atoms with Crippen LogP contribution in [0.15, 0.2) is 34.9 Å². The van der Waals surface area contributed by atoms with Gasteiger partial charge in [-0.15, -0.1) is 12.4 Å². The van der Waals surface area contributed by atoms with E-state index < -0.39 is 0 Å². The van der Waals surface area contributed by atoms with Gasteiger partial charge in [0.15, 0.2) is 5.82 Å². The Balaban J connectivity index is 0.00000156. The molecule has 0 spiro atoms. The topological polar surface area (TPSA) is 68.2 Å². The zero-order chi connectivity index (χ0) is 15.0. The summed E-state index contributed by atoms with van der Waals surface area (Å²) < 4.78 is 5.56. The van der Waals surface area contributed by atoms with Crippen molar-refractivity contribution in [2.24, 2.45) is 5.73 Å². The average molecular weight is 335 g/mol. The standard InChI is InChI=1S/C17H22N4O.ClH/c18-17(9-5-10-17)16-19-15(22-20-16)14-8-4-11-21(14)12-13-6-2-1-3-7-13;/h1-3,6-7,14H,4-5,8-12,18H2;1H. The van der Waals surface area contributed by atoms with E-state index in [1.165, 1.54) is 12.0 Å². The molecule has 2 N–H and O–H groups in total. The molecule has 124 valence electrons. The molecule has 1 unspecified atom stereocenters. The Morgan fingerprint density at radius 1 is 1.22 bits per heavy atom. The fourth-order valence-corrected chi connectivity index (χ4v) is 3.47. The average Bonchev–Trinajstić information content (AvgIpc) is 3.14. The summed E-state index contributed by atoms with van der Waals surface area (Å²) in [4.78, 5) is 7.06. The Morgan fingerprint density at radius 2 is 2.00 bits per heavy atom. The molecule has 1 aliphatic carbocycles. The van der Waals surface area contributed by atoms with E-state index in [0.717, 1.165) is 44.7 Å². The van der Waals surface area contributed by atoms with Crippen molar-refractivity contribution >= 4 is 12.4 Å². The van der Waals surface area contributed by atoms with Gasteiger partial charge in [0.05, 0.1) is 11.6 Å². The number of nitrogens with two attached hydrogens (primary N) is 1. The van der Waals surface area contributed by atoms with Crippen molar-refractivity contribution in [2.75, 3.05) is 6.54 Å². The van der Waals surface area contributed by atoms with Crippen molar-refractivity contribution in [1.29, 1.82) is 0 Å². The Hall–Kier alpha value is -1.43. The summed E-state index contributed by atoms with van der Waals surface area (Å²) in [6.45, 7) is 2.00. The highest BCUT2D eigenvalue weighted by molar-refractivity contribution is 5.85. The predicted molar refractivity (Wildman–Crippen MR) is 90.1 cm³/mol. The second-order valence-electron chi connectivity index (χ2n) is 6.58. The van der Waals surface area contributed by atoms with Crippen LogP contribution in [0, 0.1) is 0 Å². The van der Waals surface area contributed by atoms with Crippen LogP contribution >= 0.6 is 12.4 Å². The van der Waals surface area contributed by atoms with Crippen LogP contribution in [0.25, 0.3) is 0 Å². The molecular formula is C17H23ClN4O. The van der Waals surface area contributed by atoms with Crippen LogP contribution in [0.5, 0.6) is 0 Å². The lowest BCUT2D eigenvalue weighted by Gasteiger charge is -2.34. The van der Waals surface area contributed by atoms with Gasteiger partial charge in [0.2, 0.25) is 5.89 Å². The van der Waals surface area contributed by atoms with Crippen molar-refractivity contribution in [3.63, 3.8) is 0 Å². The molecule has 6 heteroatoms. The van der Waals surface area contributed by atoms with E-state index in [2.05, 4.69) is 45.4 Å². The van der Waals surface area contributed by atoms with Crippen LogP contribution < -0.4 is 5.73 Å². The van der Waals surface area contributed by atoms with Crippen molar-refractivity contribution < 1.29 is 4.52 Å². The van der Waals surface area contributed by atoms with Crippen LogP contribution in [0.4, 0.5) is 0 Å². The molecule has 1 aromatic heterocycles. The van der Waals surface area contributed by atoms with Gasteiger partial charge < -0.3 is 10.3 Å². The van der Waals surface area contributed by atoms with Crippen LogP contribution in [-0.4, -0.2) is 21.6 Å². The first kappa shape index (κ1) is 16.4. The Morgan fingerprint density at radius 3 is 2.70 bits per heavy atom. The predicted octanol–water partition coefficient (Wildman–Crippen LogP) is 3.17. The molecule has 23 heavy (non-hydrogen) atoms. The van der Waals surface area contributed by atoms with Crippen LogP contribution in [-0.2, 0) is 12.1 Å². The van der Waals surface area contributed by atoms with Gasteiger partial charge in [-0.05, 0) is 44.2 Å². The monoisotopic (exact) mass is 334 g/mol. The highest BCUT2D eigenvalue weighted by Gasteiger charge is 2.40. The van der Waals surface area contributed by atoms with E-state index in [1.807, 2.05) is 0 Å². The van der Waals surface area contributed by atoms with E-state index in [-0.39, 0.29) is 24.0 Å². The second kappa shape index (κ2) is 6.59. The van der Waals surface area contributed by atoms with Gasteiger partial charge in [0, 0.05) is 6.54 Å². The van der Waals surface area contributed by atoms with Crippen LogP contribution in [0.1, 0.15) is 55.4 Å². The molecule has 1 saturated heterocycles. The number of halogens is 1. The van der Waals surface area contributed by atoms with Gasteiger partial charge in [-0.3, -0.25) is 4.90 Å². The molecule has 2 fully saturated rings. The summed E-state index contributed by atoms with van der Waals surface area (Å²) in [5.41, 5.74) is 7.28. The van der Waals surface area contributed by atoms with E-state index in [1.54, 1.807) is 0 Å². The number of hydrogen-bond acceptors (Lipinski definition) is 5. The third-order valence-corrected chi connectivity index (χ3v) is 5.01. The van der Waals surface area contributed by atoms with Crippen LogP contribution in [0.2, 0.25) is 0 Å². The highest BCUT2D eigenvalue weighted by Crippen LogP contribution is 2.39. The third kappa shape index (κ3) is 3.13. The van der Waals surface area contributed by atoms with Gasteiger partial charge in [-0.1, -0.05) is 35.5 Å². The van der Waals surface area contributed by atoms with Gasteiger partial charge in [-0.25, -0.2) is 0 Å². The number of hydrogen-bond donors (Lipinski definition) is 1. The molecular weight excluding hydrogens is 312 g/mol. The minimum atomic E-state index is -0.343. The molecule has 2 aliphatic rings. The molecule has 5 nitrogen and oxygen atoms in total. The van der Waals surface area contributed by atoms with Crippen LogP contribution in [0.3, 0.4) is 0 Å². The molecule has 1 saturated carbocycles.